The summed E-state index contributed by atoms with van der Waals surface area (Å²) in [6.45, 7) is 1.02. The minimum absolute atomic E-state index is 0. The van der Waals surface area contributed by atoms with E-state index in [1.807, 2.05) is 24.3 Å². The number of hydrogen-bond donors (Lipinski definition) is 1. The SMILES string of the molecule is Cl.Clc1ccccc1Cc1noc(C2CCCCN2)n1. The highest BCUT2D eigenvalue weighted by Crippen LogP contribution is 2.22. The van der Waals surface area contributed by atoms with Crippen molar-refractivity contribution in [1.29, 1.82) is 0 Å². The molecule has 20 heavy (non-hydrogen) atoms. The minimum Gasteiger partial charge on any atom is -0.338 e. The molecule has 4 nitrogen and oxygen atoms in total. The molecule has 1 saturated heterocycles. The molecule has 1 aromatic carbocycles. The Kier molecular flexibility index (Phi) is 5.40. The minimum atomic E-state index is 0. The average molecular weight is 314 g/mol. The van der Waals surface area contributed by atoms with Crippen molar-refractivity contribution in [3.05, 3.63) is 46.6 Å². The Bertz CT molecular complexity index is 553. The summed E-state index contributed by atoms with van der Waals surface area (Å²) in [4.78, 5) is 4.47. The Morgan fingerprint density at radius 2 is 2.15 bits per heavy atom. The van der Waals surface area contributed by atoms with E-state index in [0.717, 1.165) is 23.6 Å². The fraction of sp³-hybridized carbons (Fsp3) is 0.429. The Labute approximate surface area is 129 Å². The molecule has 1 unspecified atom stereocenters. The Balaban J connectivity index is 0.00000147. The lowest BCUT2D eigenvalue weighted by Gasteiger charge is -2.19. The van der Waals surface area contributed by atoms with Crippen LogP contribution in [0.4, 0.5) is 0 Å². The molecule has 0 aliphatic carbocycles. The molecule has 1 aliphatic heterocycles. The van der Waals surface area contributed by atoms with Gasteiger partial charge in [-0.15, -0.1) is 12.4 Å². The highest BCUT2D eigenvalue weighted by atomic mass is 35.5. The molecule has 1 aliphatic rings. The molecule has 0 amide bonds. The van der Waals surface area contributed by atoms with Crippen LogP contribution in [0.3, 0.4) is 0 Å². The molecule has 0 bridgehead atoms. The molecule has 0 spiro atoms. The van der Waals surface area contributed by atoms with Crippen LogP contribution in [0.5, 0.6) is 0 Å². The van der Waals surface area contributed by atoms with Crippen LogP contribution in [0, 0.1) is 0 Å². The molecule has 6 heteroatoms. The van der Waals surface area contributed by atoms with Crippen LogP contribution in [0.15, 0.2) is 28.8 Å². The van der Waals surface area contributed by atoms with Gasteiger partial charge in [-0.3, -0.25) is 0 Å². The number of hydrogen-bond acceptors (Lipinski definition) is 4. The highest BCUT2D eigenvalue weighted by Gasteiger charge is 2.21. The van der Waals surface area contributed by atoms with Crippen LogP contribution in [-0.2, 0) is 6.42 Å². The highest BCUT2D eigenvalue weighted by molar-refractivity contribution is 6.31. The maximum absolute atomic E-state index is 6.13. The van der Waals surface area contributed by atoms with E-state index in [2.05, 4.69) is 15.5 Å². The first-order valence-corrected chi connectivity index (χ1v) is 7.00. The third kappa shape index (κ3) is 3.51. The van der Waals surface area contributed by atoms with Crippen molar-refractivity contribution < 1.29 is 4.52 Å². The van der Waals surface area contributed by atoms with Gasteiger partial charge in [-0.25, -0.2) is 0 Å². The lowest BCUT2D eigenvalue weighted by Crippen LogP contribution is -2.27. The van der Waals surface area contributed by atoms with Gasteiger partial charge in [0.25, 0.3) is 0 Å². The van der Waals surface area contributed by atoms with E-state index < -0.39 is 0 Å². The first-order chi connectivity index (χ1) is 9.33. The summed E-state index contributed by atoms with van der Waals surface area (Å²) in [6, 6.07) is 7.95. The normalized spacial score (nSPS) is 18.6. The summed E-state index contributed by atoms with van der Waals surface area (Å²) in [7, 11) is 0. The van der Waals surface area contributed by atoms with Crippen LogP contribution in [0.2, 0.25) is 5.02 Å². The number of nitrogens with zero attached hydrogens (tertiary/aromatic N) is 2. The second-order valence-electron chi connectivity index (χ2n) is 4.82. The van der Waals surface area contributed by atoms with Crippen molar-refractivity contribution in [3.63, 3.8) is 0 Å². The Hall–Kier alpha value is -1.10. The van der Waals surface area contributed by atoms with Crippen LogP contribution in [-0.4, -0.2) is 16.7 Å². The van der Waals surface area contributed by atoms with Gasteiger partial charge in [0, 0.05) is 11.4 Å². The van der Waals surface area contributed by atoms with Crippen molar-refractivity contribution in [1.82, 2.24) is 15.5 Å². The summed E-state index contributed by atoms with van der Waals surface area (Å²) in [6.07, 6.45) is 4.10. The van der Waals surface area contributed by atoms with E-state index in [9.17, 15) is 0 Å². The summed E-state index contributed by atoms with van der Waals surface area (Å²) in [5.41, 5.74) is 1.02. The summed E-state index contributed by atoms with van der Waals surface area (Å²) >= 11 is 6.13. The van der Waals surface area contributed by atoms with E-state index in [1.54, 1.807) is 0 Å². The van der Waals surface area contributed by atoms with Crippen LogP contribution in [0.25, 0.3) is 0 Å². The number of rotatable bonds is 3. The maximum Gasteiger partial charge on any atom is 0.243 e. The number of piperidine rings is 1. The molecule has 3 rings (SSSR count). The first-order valence-electron chi connectivity index (χ1n) is 6.62. The van der Waals surface area contributed by atoms with Crippen molar-refractivity contribution in [3.8, 4) is 0 Å². The van der Waals surface area contributed by atoms with E-state index >= 15 is 0 Å². The average Bonchev–Trinajstić information content (AvgIpc) is 2.91. The van der Waals surface area contributed by atoms with Gasteiger partial charge in [0.15, 0.2) is 5.82 Å². The standard InChI is InChI=1S/C14H16ClN3O.ClH/c15-11-6-2-1-5-10(11)9-13-17-14(19-18-13)12-7-3-4-8-16-12;/h1-2,5-6,12,16H,3-4,7-9H2;1H. The molecule has 2 heterocycles. The molecular weight excluding hydrogens is 297 g/mol. The second kappa shape index (κ2) is 7.07. The van der Waals surface area contributed by atoms with E-state index in [0.29, 0.717) is 18.1 Å². The monoisotopic (exact) mass is 313 g/mol. The quantitative estimate of drug-likeness (QED) is 0.941. The molecule has 1 aromatic heterocycles. The van der Waals surface area contributed by atoms with Gasteiger partial charge in [0.1, 0.15) is 0 Å². The third-order valence-corrected chi connectivity index (χ3v) is 3.77. The summed E-state index contributed by atoms with van der Waals surface area (Å²) in [5, 5.41) is 8.19. The molecule has 1 atom stereocenters. The Morgan fingerprint density at radius 1 is 1.30 bits per heavy atom. The number of benzene rings is 1. The van der Waals surface area contributed by atoms with Gasteiger partial charge in [-0.05, 0) is 31.0 Å². The van der Waals surface area contributed by atoms with Crippen LogP contribution < -0.4 is 5.32 Å². The summed E-state index contributed by atoms with van der Waals surface area (Å²) < 4.78 is 5.35. The van der Waals surface area contributed by atoms with Gasteiger partial charge in [-0.1, -0.05) is 41.4 Å². The first kappa shape index (κ1) is 15.3. The smallest absolute Gasteiger partial charge is 0.243 e. The van der Waals surface area contributed by atoms with Gasteiger partial charge >= 0.3 is 0 Å². The van der Waals surface area contributed by atoms with Crippen molar-refractivity contribution in [2.45, 2.75) is 31.7 Å². The molecule has 2 aromatic rings. The van der Waals surface area contributed by atoms with Gasteiger partial charge in [0.2, 0.25) is 5.89 Å². The summed E-state index contributed by atoms with van der Waals surface area (Å²) in [5.74, 6) is 1.39. The van der Waals surface area contributed by atoms with Crippen molar-refractivity contribution in [2.24, 2.45) is 0 Å². The van der Waals surface area contributed by atoms with E-state index in [1.165, 1.54) is 12.8 Å². The molecule has 1 fully saturated rings. The van der Waals surface area contributed by atoms with Gasteiger partial charge < -0.3 is 9.84 Å². The predicted octanol–water partition coefficient (Wildman–Crippen LogP) is 3.55. The van der Waals surface area contributed by atoms with E-state index in [-0.39, 0.29) is 18.4 Å². The molecule has 0 saturated carbocycles. The fourth-order valence-electron chi connectivity index (χ4n) is 2.36. The van der Waals surface area contributed by atoms with Gasteiger partial charge in [-0.2, -0.15) is 4.98 Å². The molecular formula is C14H17Cl2N3O. The maximum atomic E-state index is 6.13. The van der Waals surface area contributed by atoms with Crippen LogP contribution in [0.1, 0.15) is 42.6 Å². The lowest BCUT2D eigenvalue weighted by molar-refractivity contribution is 0.296. The molecule has 108 valence electrons. The zero-order valence-corrected chi connectivity index (χ0v) is 12.6. The second-order valence-corrected chi connectivity index (χ2v) is 5.23. The third-order valence-electron chi connectivity index (χ3n) is 3.40. The topological polar surface area (TPSA) is 51.0 Å². The van der Waals surface area contributed by atoms with Crippen LogP contribution >= 0.6 is 24.0 Å². The molecule has 0 radical (unpaired) electrons. The number of nitrogens with one attached hydrogen (secondary N) is 1. The zero-order valence-electron chi connectivity index (χ0n) is 11.0. The van der Waals surface area contributed by atoms with Crippen molar-refractivity contribution in [2.75, 3.05) is 6.54 Å². The largest absolute Gasteiger partial charge is 0.338 e. The number of halogens is 2. The zero-order chi connectivity index (χ0) is 13.1. The van der Waals surface area contributed by atoms with Crippen molar-refractivity contribution >= 4 is 24.0 Å². The van der Waals surface area contributed by atoms with Gasteiger partial charge in [0.05, 0.1) is 6.04 Å². The Morgan fingerprint density at radius 3 is 2.90 bits per heavy atom. The lowest BCUT2D eigenvalue weighted by atomic mass is 10.1. The molecule has 1 N–H and O–H groups in total. The predicted molar refractivity (Wildman–Crippen MR) is 80.4 cm³/mol. The van der Waals surface area contributed by atoms with E-state index in [4.69, 9.17) is 16.1 Å². The fourth-order valence-corrected chi connectivity index (χ4v) is 2.56. The number of aromatic nitrogens is 2.